The van der Waals surface area contributed by atoms with Gasteiger partial charge in [0, 0.05) is 30.6 Å². The summed E-state index contributed by atoms with van der Waals surface area (Å²) in [6, 6.07) is 11.8. The molecule has 21 heavy (non-hydrogen) atoms. The first-order valence-electron chi connectivity index (χ1n) is 6.74. The summed E-state index contributed by atoms with van der Waals surface area (Å²) in [5, 5.41) is 0. The number of aromatic nitrogens is 3. The fraction of sp³-hybridized carbons (Fsp3) is 0.125. The van der Waals surface area contributed by atoms with Gasteiger partial charge in [-0.3, -0.25) is 9.55 Å². The van der Waals surface area contributed by atoms with E-state index in [9.17, 15) is 0 Å². The highest BCUT2D eigenvalue weighted by Crippen LogP contribution is 2.24. The van der Waals surface area contributed by atoms with Crippen molar-refractivity contribution < 1.29 is 4.74 Å². The normalized spacial score (nSPS) is 10.5. The van der Waals surface area contributed by atoms with Gasteiger partial charge in [-0.05, 0) is 24.3 Å². The zero-order chi connectivity index (χ0) is 14.5. The predicted molar refractivity (Wildman–Crippen MR) is 81.3 cm³/mol. The summed E-state index contributed by atoms with van der Waals surface area (Å²) in [5.41, 5.74) is 8.45. The second kappa shape index (κ2) is 6.19. The average Bonchev–Trinajstić information content (AvgIpc) is 3.04. The first-order chi connectivity index (χ1) is 10.4. The highest BCUT2D eigenvalue weighted by atomic mass is 16.5. The summed E-state index contributed by atoms with van der Waals surface area (Å²) in [6.45, 7) is 0.999. The van der Waals surface area contributed by atoms with Gasteiger partial charge in [-0.15, -0.1) is 0 Å². The van der Waals surface area contributed by atoms with Gasteiger partial charge in [0.2, 0.25) is 0 Å². The molecule has 0 aliphatic carbocycles. The van der Waals surface area contributed by atoms with E-state index in [1.54, 1.807) is 12.5 Å². The Hall–Kier alpha value is -2.66. The smallest absolute Gasteiger partial charge is 0.121 e. The van der Waals surface area contributed by atoms with Gasteiger partial charge >= 0.3 is 0 Å². The van der Waals surface area contributed by atoms with E-state index >= 15 is 0 Å². The highest BCUT2D eigenvalue weighted by molar-refractivity contribution is 5.60. The number of benzene rings is 1. The Morgan fingerprint density at radius 3 is 2.86 bits per heavy atom. The lowest BCUT2D eigenvalue weighted by Crippen LogP contribution is -2.10. The quantitative estimate of drug-likeness (QED) is 0.778. The monoisotopic (exact) mass is 280 g/mol. The molecule has 1 aromatic carbocycles. The van der Waals surface area contributed by atoms with Gasteiger partial charge in [0.05, 0.1) is 23.9 Å². The number of ether oxygens (including phenoxy) is 1. The molecule has 0 amide bonds. The maximum atomic E-state index is 5.57. The van der Waals surface area contributed by atoms with E-state index < -0.39 is 0 Å². The molecule has 3 aromatic rings. The number of imidazole rings is 1. The molecule has 0 atom stereocenters. The van der Waals surface area contributed by atoms with Crippen LogP contribution in [0.4, 0.5) is 0 Å². The third-order valence-electron chi connectivity index (χ3n) is 3.08. The van der Waals surface area contributed by atoms with Crippen LogP contribution in [-0.4, -0.2) is 27.7 Å². The molecule has 2 heterocycles. The number of hydrogen-bond acceptors (Lipinski definition) is 4. The Bertz CT molecular complexity index is 709. The van der Waals surface area contributed by atoms with Gasteiger partial charge < -0.3 is 10.5 Å². The topological polar surface area (TPSA) is 66.0 Å². The molecule has 5 nitrogen and oxygen atoms in total. The van der Waals surface area contributed by atoms with Crippen LogP contribution in [0, 0.1) is 0 Å². The average molecular weight is 280 g/mol. The second-order valence-electron chi connectivity index (χ2n) is 4.53. The molecular formula is C16H16N4O. The highest BCUT2D eigenvalue weighted by Gasteiger charge is 2.07. The van der Waals surface area contributed by atoms with E-state index in [-0.39, 0.29) is 0 Å². The van der Waals surface area contributed by atoms with E-state index in [1.807, 2.05) is 53.4 Å². The molecule has 0 aliphatic rings. The summed E-state index contributed by atoms with van der Waals surface area (Å²) < 4.78 is 7.57. The van der Waals surface area contributed by atoms with Crippen LogP contribution < -0.4 is 10.5 Å². The Labute approximate surface area is 123 Å². The minimum absolute atomic E-state index is 0.496. The van der Waals surface area contributed by atoms with Crippen LogP contribution in [0.5, 0.6) is 5.75 Å². The van der Waals surface area contributed by atoms with Crippen LogP contribution in [0.1, 0.15) is 0 Å². The molecule has 0 saturated heterocycles. The zero-order valence-corrected chi connectivity index (χ0v) is 11.5. The zero-order valence-electron chi connectivity index (χ0n) is 11.5. The van der Waals surface area contributed by atoms with Crippen molar-refractivity contribution >= 4 is 0 Å². The third kappa shape index (κ3) is 2.93. The summed E-state index contributed by atoms with van der Waals surface area (Å²) in [4.78, 5) is 8.39. The molecule has 5 heteroatoms. The van der Waals surface area contributed by atoms with Crippen molar-refractivity contribution in [3.8, 4) is 22.7 Å². The van der Waals surface area contributed by atoms with E-state index in [1.165, 1.54) is 0 Å². The number of pyridine rings is 1. The molecule has 0 unspecified atom stereocenters. The summed E-state index contributed by atoms with van der Waals surface area (Å²) in [6.07, 6.45) is 7.18. The van der Waals surface area contributed by atoms with Crippen LogP contribution >= 0.6 is 0 Å². The molecule has 0 radical (unpaired) electrons. The molecule has 0 bridgehead atoms. The van der Waals surface area contributed by atoms with E-state index in [4.69, 9.17) is 10.5 Å². The van der Waals surface area contributed by atoms with Gasteiger partial charge in [-0.25, -0.2) is 4.98 Å². The van der Waals surface area contributed by atoms with Crippen LogP contribution in [0.15, 0.2) is 61.3 Å². The van der Waals surface area contributed by atoms with Gasteiger partial charge in [0.25, 0.3) is 0 Å². The molecular weight excluding hydrogens is 264 g/mol. The van der Waals surface area contributed by atoms with Gasteiger partial charge in [0.15, 0.2) is 0 Å². The minimum atomic E-state index is 0.496. The Balaban J connectivity index is 1.97. The lowest BCUT2D eigenvalue weighted by atomic mass is 10.2. The molecule has 106 valence electrons. The van der Waals surface area contributed by atoms with E-state index in [0.29, 0.717) is 13.2 Å². The van der Waals surface area contributed by atoms with Crippen LogP contribution in [0.3, 0.4) is 0 Å². The number of hydrogen-bond donors (Lipinski definition) is 1. The summed E-state index contributed by atoms with van der Waals surface area (Å²) >= 11 is 0. The standard InChI is InChI=1S/C16H16N4O/c17-6-8-21-15-5-1-4-14(9-15)20-12-19-11-16(20)13-3-2-7-18-10-13/h1-5,7,9-12H,6,8,17H2. The number of nitrogens with zero attached hydrogens (tertiary/aromatic N) is 3. The van der Waals surface area contributed by atoms with Crippen molar-refractivity contribution in [2.75, 3.05) is 13.2 Å². The summed E-state index contributed by atoms with van der Waals surface area (Å²) in [7, 11) is 0. The van der Waals surface area contributed by atoms with E-state index in [2.05, 4.69) is 9.97 Å². The van der Waals surface area contributed by atoms with Crippen molar-refractivity contribution in [3.05, 3.63) is 61.3 Å². The Morgan fingerprint density at radius 2 is 2.05 bits per heavy atom. The largest absolute Gasteiger partial charge is 0.492 e. The van der Waals surface area contributed by atoms with Crippen molar-refractivity contribution in [2.24, 2.45) is 5.73 Å². The van der Waals surface area contributed by atoms with Crippen LogP contribution in [0.25, 0.3) is 16.9 Å². The van der Waals surface area contributed by atoms with Crippen LogP contribution in [-0.2, 0) is 0 Å². The lowest BCUT2D eigenvalue weighted by molar-refractivity contribution is 0.328. The summed E-state index contributed by atoms with van der Waals surface area (Å²) in [5.74, 6) is 0.795. The Morgan fingerprint density at radius 1 is 1.10 bits per heavy atom. The fourth-order valence-electron chi connectivity index (χ4n) is 2.13. The lowest BCUT2D eigenvalue weighted by Gasteiger charge is -2.10. The fourth-order valence-corrected chi connectivity index (χ4v) is 2.13. The van der Waals surface area contributed by atoms with E-state index in [0.717, 1.165) is 22.7 Å². The van der Waals surface area contributed by atoms with Crippen molar-refractivity contribution in [3.63, 3.8) is 0 Å². The first kappa shape index (κ1) is 13.3. The predicted octanol–water partition coefficient (Wildman–Crippen LogP) is 2.27. The number of rotatable bonds is 5. The second-order valence-corrected chi connectivity index (χ2v) is 4.53. The number of nitrogens with two attached hydrogens (primary N) is 1. The Kier molecular flexibility index (Phi) is 3.93. The molecule has 0 spiro atoms. The maximum Gasteiger partial charge on any atom is 0.121 e. The third-order valence-corrected chi connectivity index (χ3v) is 3.08. The maximum absolute atomic E-state index is 5.57. The molecule has 2 aromatic heterocycles. The molecule has 3 rings (SSSR count). The van der Waals surface area contributed by atoms with Gasteiger partial charge in [0.1, 0.15) is 12.4 Å². The SMILES string of the molecule is NCCOc1cccc(-n2cncc2-c2cccnc2)c1. The van der Waals surface area contributed by atoms with Crippen molar-refractivity contribution in [1.82, 2.24) is 14.5 Å². The molecule has 2 N–H and O–H groups in total. The molecule has 0 fully saturated rings. The van der Waals surface area contributed by atoms with Crippen LogP contribution in [0.2, 0.25) is 0 Å². The van der Waals surface area contributed by atoms with Gasteiger partial charge in [-0.2, -0.15) is 0 Å². The first-order valence-corrected chi connectivity index (χ1v) is 6.74. The minimum Gasteiger partial charge on any atom is -0.492 e. The molecule has 0 aliphatic heterocycles. The van der Waals surface area contributed by atoms with Gasteiger partial charge in [-0.1, -0.05) is 6.07 Å². The molecule has 0 saturated carbocycles. The van der Waals surface area contributed by atoms with Crippen molar-refractivity contribution in [1.29, 1.82) is 0 Å². The van der Waals surface area contributed by atoms with Crippen molar-refractivity contribution in [2.45, 2.75) is 0 Å².